The van der Waals surface area contributed by atoms with Gasteiger partial charge in [0.05, 0.1) is 30.8 Å². The van der Waals surface area contributed by atoms with Crippen LogP contribution >= 0.6 is 0 Å². The summed E-state index contributed by atoms with van der Waals surface area (Å²) < 4.78 is 20.0. The van der Waals surface area contributed by atoms with Gasteiger partial charge in [0.25, 0.3) is 0 Å². The Labute approximate surface area is 163 Å². The van der Waals surface area contributed by atoms with Gasteiger partial charge in [-0.25, -0.2) is 9.18 Å². The number of hydrogen-bond acceptors (Lipinski definition) is 4. The average Bonchev–Trinajstić information content (AvgIpc) is 3.02. The highest BCUT2D eigenvalue weighted by Crippen LogP contribution is 2.49. The zero-order valence-corrected chi connectivity index (χ0v) is 16.1. The molecule has 0 bridgehead atoms. The smallest absolute Gasteiger partial charge is 0.319 e. The summed E-state index contributed by atoms with van der Waals surface area (Å²) in [5.41, 5.74) is 2.61. The third-order valence-electron chi connectivity index (χ3n) is 4.93. The third-order valence-corrected chi connectivity index (χ3v) is 4.93. The lowest BCUT2D eigenvalue weighted by molar-refractivity contribution is 0.252. The van der Waals surface area contributed by atoms with Gasteiger partial charge in [0.2, 0.25) is 0 Å². The fourth-order valence-electron chi connectivity index (χ4n) is 3.69. The van der Waals surface area contributed by atoms with E-state index in [2.05, 4.69) is 21.6 Å². The summed E-state index contributed by atoms with van der Waals surface area (Å²) in [4.78, 5) is 13.7. The molecule has 2 aromatic rings. The van der Waals surface area contributed by atoms with Crippen LogP contribution in [-0.2, 0) is 0 Å². The molecule has 2 unspecified atom stereocenters. The van der Waals surface area contributed by atoms with Crippen LogP contribution in [-0.4, -0.2) is 26.2 Å². The predicted molar refractivity (Wildman–Crippen MR) is 106 cm³/mol. The van der Waals surface area contributed by atoms with Gasteiger partial charge in [-0.2, -0.15) is 5.26 Å². The maximum absolute atomic E-state index is 14.6. The van der Waals surface area contributed by atoms with E-state index in [0.717, 1.165) is 11.3 Å². The van der Waals surface area contributed by atoms with Crippen molar-refractivity contribution in [2.75, 3.05) is 30.4 Å². The highest BCUT2D eigenvalue weighted by atomic mass is 19.1. The van der Waals surface area contributed by atoms with Gasteiger partial charge in [0.15, 0.2) is 0 Å². The largest absolute Gasteiger partial charge is 0.497 e. The van der Waals surface area contributed by atoms with Crippen LogP contribution in [0.2, 0.25) is 0 Å². The van der Waals surface area contributed by atoms with E-state index in [1.165, 1.54) is 12.1 Å². The molecule has 0 aliphatic carbocycles. The van der Waals surface area contributed by atoms with Gasteiger partial charge in [-0.1, -0.05) is 12.1 Å². The Bertz CT molecular complexity index is 925. The fourth-order valence-corrected chi connectivity index (χ4v) is 3.69. The molecule has 2 aromatic carbocycles. The maximum atomic E-state index is 14.6. The molecule has 0 radical (unpaired) electrons. The van der Waals surface area contributed by atoms with Crippen LogP contribution in [0.3, 0.4) is 0 Å². The van der Waals surface area contributed by atoms with Crippen LogP contribution in [0.5, 0.6) is 5.75 Å². The first-order valence-corrected chi connectivity index (χ1v) is 9.22. The summed E-state index contributed by atoms with van der Waals surface area (Å²) >= 11 is 0. The molecule has 2 amide bonds. The normalized spacial score (nSPS) is 17.6. The predicted octanol–water partition coefficient (Wildman–Crippen LogP) is 4.16. The number of carbonyl (C=O) groups excluding carboxylic acids is 1. The van der Waals surface area contributed by atoms with Crippen LogP contribution in [0.4, 0.5) is 20.6 Å². The number of ether oxygens (including phenoxy) is 1. The molecule has 0 saturated carbocycles. The molecule has 2 N–H and O–H groups in total. The van der Waals surface area contributed by atoms with E-state index in [0.29, 0.717) is 24.4 Å². The van der Waals surface area contributed by atoms with Crippen molar-refractivity contribution in [3.63, 3.8) is 0 Å². The number of hydrogen-bond donors (Lipinski definition) is 2. The average molecular weight is 382 g/mol. The van der Waals surface area contributed by atoms with Crippen LogP contribution in [0, 0.1) is 17.1 Å². The third kappa shape index (κ3) is 3.46. The summed E-state index contributed by atoms with van der Waals surface area (Å²) in [6, 6.07) is 11.9. The van der Waals surface area contributed by atoms with E-state index in [1.54, 1.807) is 20.1 Å². The minimum absolute atomic E-state index is 0.100. The first-order valence-electron chi connectivity index (χ1n) is 9.22. The lowest BCUT2D eigenvalue weighted by Crippen LogP contribution is -2.29. The van der Waals surface area contributed by atoms with Crippen molar-refractivity contribution in [1.29, 1.82) is 5.26 Å². The first kappa shape index (κ1) is 19.5. The number of urea groups is 1. The zero-order chi connectivity index (χ0) is 20.3. The molecule has 1 aliphatic heterocycles. The van der Waals surface area contributed by atoms with E-state index < -0.39 is 17.8 Å². The fraction of sp³-hybridized carbons (Fsp3) is 0.333. The Balaban J connectivity index is 1.97. The number of rotatable bonds is 5. The van der Waals surface area contributed by atoms with Crippen LogP contribution in [0.1, 0.15) is 36.9 Å². The van der Waals surface area contributed by atoms with Crippen molar-refractivity contribution in [1.82, 2.24) is 5.32 Å². The number of anilines is 2. The van der Waals surface area contributed by atoms with Gasteiger partial charge in [-0.3, -0.25) is 0 Å². The summed E-state index contributed by atoms with van der Waals surface area (Å²) in [6.07, 6.45) is 0. The number of methoxy groups -OCH3 is 1. The van der Waals surface area contributed by atoms with Crippen molar-refractivity contribution in [2.24, 2.45) is 0 Å². The molecular weight excluding hydrogens is 359 g/mol. The molecule has 1 aliphatic rings. The van der Waals surface area contributed by atoms with E-state index in [1.807, 2.05) is 25.1 Å². The molecule has 2 atom stereocenters. The molecule has 3 rings (SSSR count). The number of amides is 2. The zero-order valence-electron chi connectivity index (χ0n) is 16.1. The standard InChI is InChI=1S/C21H23FN4O2/c1-4-24-21(27)25-18-9-6-13(10-17(18)22)20-16(12-23)15-8-7-14(28-3)11-19(15)26(20)5-2/h6-11,16,20H,4-5H2,1-3H3,(H2,24,25,27). The van der Waals surface area contributed by atoms with Gasteiger partial charge >= 0.3 is 6.03 Å². The molecular formula is C21H23FN4O2. The molecule has 7 heteroatoms. The van der Waals surface area contributed by atoms with Gasteiger partial charge in [0, 0.05) is 24.8 Å². The Morgan fingerprint density at radius 2 is 2.07 bits per heavy atom. The van der Waals surface area contributed by atoms with Crippen molar-refractivity contribution in [2.45, 2.75) is 25.8 Å². The molecule has 28 heavy (non-hydrogen) atoms. The number of nitrogens with zero attached hydrogens (tertiary/aromatic N) is 2. The van der Waals surface area contributed by atoms with Crippen molar-refractivity contribution in [3.8, 4) is 11.8 Å². The van der Waals surface area contributed by atoms with E-state index in [4.69, 9.17) is 4.74 Å². The Kier molecular flexibility index (Phi) is 5.69. The summed E-state index contributed by atoms with van der Waals surface area (Å²) in [6.45, 7) is 4.89. The Morgan fingerprint density at radius 3 is 2.68 bits per heavy atom. The minimum Gasteiger partial charge on any atom is -0.497 e. The van der Waals surface area contributed by atoms with Crippen LogP contribution in [0.25, 0.3) is 0 Å². The maximum Gasteiger partial charge on any atom is 0.319 e. The number of likely N-dealkylation sites (N-methyl/N-ethyl adjacent to an activating group) is 1. The monoisotopic (exact) mass is 382 g/mol. The highest BCUT2D eigenvalue weighted by Gasteiger charge is 2.39. The van der Waals surface area contributed by atoms with Gasteiger partial charge in [-0.15, -0.1) is 0 Å². The summed E-state index contributed by atoms with van der Waals surface area (Å²) in [7, 11) is 1.60. The molecule has 146 valence electrons. The summed E-state index contributed by atoms with van der Waals surface area (Å²) in [5, 5.41) is 14.9. The topological polar surface area (TPSA) is 77.4 Å². The Morgan fingerprint density at radius 1 is 1.29 bits per heavy atom. The van der Waals surface area contributed by atoms with Crippen molar-refractivity contribution >= 4 is 17.4 Å². The molecule has 0 spiro atoms. The number of benzene rings is 2. The number of halogens is 1. The van der Waals surface area contributed by atoms with Gasteiger partial charge in [-0.05, 0) is 43.2 Å². The number of nitrogens with one attached hydrogen (secondary N) is 2. The number of carbonyl (C=O) groups is 1. The lowest BCUT2D eigenvalue weighted by atomic mass is 9.91. The van der Waals surface area contributed by atoms with E-state index in [-0.39, 0.29) is 11.7 Å². The van der Waals surface area contributed by atoms with E-state index >= 15 is 0 Å². The molecule has 6 nitrogen and oxygen atoms in total. The van der Waals surface area contributed by atoms with E-state index in [9.17, 15) is 14.4 Å². The second-order valence-electron chi connectivity index (χ2n) is 6.49. The Hall–Kier alpha value is -3.27. The number of fused-ring (bicyclic) bond motifs is 1. The quantitative estimate of drug-likeness (QED) is 0.814. The molecule has 0 saturated heterocycles. The highest BCUT2D eigenvalue weighted by molar-refractivity contribution is 5.89. The second kappa shape index (κ2) is 8.17. The van der Waals surface area contributed by atoms with Crippen molar-refractivity contribution < 1.29 is 13.9 Å². The number of nitriles is 1. The lowest BCUT2D eigenvalue weighted by Gasteiger charge is -2.28. The second-order valence-corrected chi connectivity index (χ2v) is 6.49. The summed E-state index contributed by atoms with van der Waals surface area (Å²) in [5.74, 6) is -0.255. The first-order chi connectivity index (χ1) is 13.5. The van der Waals surface area contributed by atoms with Gasteiger partial charge in [0.1, 0.15) is 11.6 Å². The molecule has 0 aromatic heterocycles. The molecule has 0 fully saturated rings. The molecule has 1 heterocycles. The minimum atomic E-state index is -0.537. The van der Waals surface area contributed by atoms with Gasteiger partial charge < -0.3 is 20.3 Å². The van der Waals surface area contributed by atoms with Crippen LogP contribution < -0.4 is 20.3 Å². The van der Waals surface area contributed by atoms with Crippen molar-refractivity contribution in [3.05, 3.63) is 53.3 Å². The van der Waals surface area contributed by atoms with Crippen LogP contribution in [0.15, 0.2) is 36.4 Å². The SMILES string of the molecule is CCNC(=O)Nc1ccc(C2C(C#N)c3ccc(OC)cc3N2CC)cc1F.